The van der Waals surface area contributed by atoms with E-state index >= 15 is 0 Å². The predicted octanol–water partition coefficient (Wildman–Crippen LogP) is 2.48. The smallest absolute Gasteiger partial charge is 0.181 e. The van der Waals surface area contributed by atoms with Crippen molar-refractivity contribution in [1.82, 2.24) is 0 Å². The van der Waals surface area contributed by atoms with Crippen LogP contribution >= 0.6 is 23.2 Å². The lowest BCUT2D eigenvalue weighted by Gasteiger charge is -2.20. The summed E-state index contributed by atoms with van der Waals surface area (Å²) < 4.78 is 4.93. The van der Waals surface area contributed by atoms with Crippen LogP contribution in [-0.2, 0) is 9.53 Å². The number of benzene rings is 1. The zero-order chi connectivity index (χ0) is 11.7. The second-order valence-corrected chi connectivity index (χ2v) is 4.23. The summed E-state index contributed by atoms with van der Waals surface area (Å²) in [5.41, 5.74) is 6.18. The molecule has 0 amide bonds. The Hall–Kier alpha value is -1.19. The van der Waals surface area contributed by atoms with Crippen LogP contribution in [0.3, 0.4) is 0 Å². The Bertz CT molecular complexity index is 471. The van der Waals surface area contributed by atoms with E-state index < -0.39 is 5.92 Å². The van der Waals surface area contributed by atoms with Crippen molar-refractivity contribution in [3.05, 3.63) is 45.8 Å². The quantitative estimate of drug-likeness (QED) is 0.841. The Kier molecular flexibility index (Phi) is 3.08. The van der Waals surface area contributed by atoms with Crippen LogP contribution in [0, 0.1) is 0 Å². The van der Waals surface area contributed by atoms with Gasteiger partial charge in [-0.05, 0) is 17.7 Å². The number of carbonyl (C=O) groups excluding carboxylic acids is 1. The van der Waals surface area contributed by atoms with Gasteiger partial charge in [-0.25, -0.2) is 0 Å². The number of ketones is 1. The number of halogens is 2. The van der Waals surface area contributed by atoms with Crippen LogP contribution in [0.1, 0.15) is 11.5 Å². The number of hydrogen-bond acceptors (Lipinski definition) is 3. The molecule has 84 valence electrons. The van der Waals surface area contributed by atoms with Gasteiger partial charge in [0, 0.05) is 0 Å². The number of allylic oxidation sites excluding steroid dienone is 1. The van der Waals surface area contributed by atoms with E-state index in [1.54, 1.807) is 24.3 Å². The molecule has 16 heavy (non-hydrogen) atoms. The van der Waals surface area contributed by atoms with Gasteiger partial charge >= 0.3 is 0 Å². The van der Waals surface area contributed by atoms with Gasteiger partial charge in [-0.1, -0.05) is 35.3 Å². The molecule has 0 fully saturated rings. The normalized spacial score (nSPS) is 20.2. The van der Waals surface area contributed by atoms with Crippen molar-refractivity contribution < 1.29 is 9.53 Å². The van der Waals surface area contributed by atoms with E-state index in [4.69, 9.17) is 33.7 Å². The molecule has 0 aliphatic carbocycles. The monoisotopic (exact) mass is 257 g/mol. The standard InChI is InChI=1S/C11H9Cl2NO2/c12-8-3-1-2-6(11(8)13)7-4-10(14)16-5-9(7)15/h1-4,7H,5,14H2. The summed E-state index contributed by atoms with van der Waals surface area (Å²) >= 11 is 11.9. The molecule has 5 heteroatoms. The molecule has 3 nitrogen and oxygen atoms in total. The highest BCUT2D eigenvalue weighted by Gasteiger charge is 2.26. The van der Waals surface area contributed by atoms with Crippen LogP contribution < -0.4 is 5.73 Å². The average Bonchev–Trinajstić information content (AvgIpc) is 2.26. The fourth-order valence-electron chi connectivity index (χ4n) is 1.57. The Morgan fingerprint density at radius 2 is 2.12 bits per heavy atom. The summed E-state index contributed by atoms with van der Waals surface area (Å²) in [6, 6.07) is 5.17. The number of carbonyl (C=O) groups is 1. The van der Waals surface area contributed by atoms with E-state index in [9.17, 15) is 4.79 Å². The lowest BCUT2D eigenvalue weighted by atomic mass is 9.93. The molecular weight excluding hydrogens is 249 g/mol. The second-order valence-electron chi connectivity index (χ2n) is 3.44. The van der Waals surface area contributed by atoms with Crippen molar-refractivity contribution in [1.29, 1.82) is 0 Å². The Balaban J connectivity index is 2.47. The molecule has 2 rings (SSSR count). The van der Waals surface area contributed by atoms with Crippen molar-refractivity contribution in [2.45, 2.75) is 5.92 Å². The molecule has 0 bridgehead atoms. The highest BCUT2D eigenvalue weighted by Crippen LogP contribution is 2.33. The minimum Gasteiger partial charge on any atom is -0.472 e. The van der Waals surface area contributed by atoms with E-state index in [1.807, 2.05) is 0 Å². The van der Waals surface area contributed by atoms with Crippen molar-refractivity contribution >= 4 is 29.0 Å². The van der Waals surface area contributed by atoms with Crippen LogP contribution in [-0.4, -0.2) is 12.4 Å². The first-order valence-corrected chi connectivity index (χ1v) is 5.42. The molecule has 0 aromatic heterocycles. The second kappa shape index (κ2) is 4.36. The predicted molar refractivity (Wildman–Crippen MR) is 62.4 cm³/mol. The first-order valence-electron chi connectivity index (χ1n) is 4.66. The van der Waals surface area contributed by atoms with E-state index in [0.29, 0.717) is 15.6 Å². The minimum absolute atomic E-state index is 0.0319. The highest BCUT2D eigenvalue weighted by atomic mass is 35.5. The molecule has 1 aromatic rings. The number of ether oxygens (including phenoxy) is 1. The maximum absolute atomic E-state index is 11.7. The molecule has 1 unspecified atom stereocenters. The third kappa shape index (κ3) is 2.01. The maximum atomic E-state index is 11.7. The molecular formula is C11H9Cl2NO2. The average molecular weight is 258 g/mol. The van der Waals surface area contributed by atoms with Gasteiger partial charge in [0.15, 0.2) is 11.7 Å². The molecule has 2 N–H and O–H groups in total. The van der Waals surface area contributed by atoms with Crippen molar-refractivity contribution in [2.24, 2.45) is 5.73 Å². The SMILES string of the molecule is NC1=CC(c2cccc(Cl)c2Cl)C(=O)CO1. The largest absolute Gasteiger partial charge is 0.472 e. The summed E-state index contributed by atoms with van der Waals surface area (Å²) in [5, 5.41) is 0.805. The number of nitrogens with two attached hydrogens (primary N) is 1. The third-order valence-corrected chi connectivity index (χ3v) is 3.21. The van der Waals surface area contributed by atoms with E-state index in [2.05, 4.69) is 0 Å². The first-order chi connectivity index (χ1) is 7.59. The van der Waals surface area contributed by atoms with E-state index in [0.717, 1.165) is 0 Å². The Morgan fingerprint density at radius 3 is 2.88 bits per heavy atom. The van der Waals surface area contributed by atoms with Crippen LogP contribution in [0.4, 0.5) is 0 Å². The lowest BCUT2D eigenvalue weighted by molar-refractivity contribution is -0.124. The Morgan fingerprint density at radius 1 is 1.38 bits per heavy atom. The zero-order valence-corrected chi connectivity index (χ0v) is 9.76. The topological polar surface area (TPSA) is 52.3 Å². The van der Waals surface area contributed by atoms with Crippen LogP contribution in [0.2, 0.25) is 10.0 Å². The van der Waals surface area contributed by atoms with Crippen molar-refractivity contribution in [3.8, 4) is 0 Å². The fraction of sp³-hybridized carbons (Fsp3) is 0.182. The van der Waals surface area contributed by atoms with Crippen LogP contribution in [0.25, 0.3) is 0 Å². The number of rotatable bonds is 1. The van der Waals surface area contributed by atoms with Gasteiger partial charge in [0.25, 0.3) is 0 Å². The van der Waals surface area contributed by atoms with Crippen molar-refractivity contribution in [3.63, 3.8) is 0 Å². The van der Waals surface area contributed by atoms with E-state index in [1.165, 1.54) is 0 Å². The number of Topliss-reactive ketones (excluding diaryl/α,β-unsaturated/α-hetero) is 1. The van der Waals surface area contributed by atoms with Gasteiger partial charge in [0.05, 0.1) is 16.0 Å². The van der Waals surface area contributed by atoms with Gasteiger partial charge < -0.3 is 10.5 Å². The Labute approximate surface area is 103 Å². The molecule has 1 aliphatic heterocycles. The van der Waals surface area contributed by atoms with Crippen LogP contribution in [0.5, 0.6) is 0 Å². The molecule has 1 atom stereocenters. The number of hydrogen-bond donors (Lipinski definition) is 1. The molecule has 0 spiro atoms. The summed E-state index contributed by atoms with van der Waals surface area (Å²) in [4.78, 5) is 11.7. The summed E-state index contributed by atoms with van der Waals surface area (Å²) in [5.74, 6) is -0.320. The summed E-state index contributed by atoms with van der Waals surface area (Å²) in [6.45, 7) is -0.0319. The summed E-state index contributed by atoms with van der Waals surface area (Å²) in [7, 11) is 0. The molecule has 1 heterocycles. The molecule has 0 radical (unpaired) electrons. The third-order valence-electron chi connectivity index (χ3n) is 2.38. The van der Waals surface area contributed by atoms with Gasteiger partial charge in [0.1, 0.15) is 6.61 Å². The maximum Gasteiger partial charge on any atom is 0.181 e. The molecule has 0 saturated heterocycles. The van der Waals surface area contributed by atoms with Gasteiger partial charge in [-0.15, -0.1) is 0 Å². The molecule has 0 saturated carbocycles. The van der Waals surface area contributed by atoms with E-state index in [-0.39, 0.29) is 18.3 Å². The van der Waals surface area contributed by atoms with Gasteiger partial charge in [-0.3, -0.25) is 4.79 Å². The minimum atomic E-state index is -0.472. The lowest BCUT2D eigenvalue weighted by Crippen LogP contribution is -2.24. The highest BCUT2D eigenvalue weighted by molar-refractivity contribution is 6.42. The van der Waals surface area contributed by atoms with Gasteiger partial charge in [-0.2, -0.15) is 0 Å². The van der Waals surface area contributed by atoms with Crippen LogP contribution in [0.15, 0.2) is 30.2 Å². The fourth-order valence-corrected chi connectivity index (χ4v) is 2.00. The first kappa shape index (κ1) is 11.3. The molecule has 1 aliphatic rings. The van der Waals surface area contributed by atoms with Crippen molar-refractivity contribution in [2.75, 3.05) is 6.61 Å². The zero-order valence-electron chi connectivity index (χ0n) is 8.24. The van der Waals surface area contributed by atoms with Gasteiger partial charge in [0.2, 0.25) is 0 Å². The molecule has 1 aromatic carbocycles. The summed E-state index contributed by atoms with van der Waals surface area (Å²) in [6.07, 6.45) is 1.55.